The second kappa shape index (κ2) is 9.87. The Balaban J connectivity index is 2.54. The van der Waals surface area contributed by atoms with Gasteiger partial charge >= 0.3 is 41.8 Å². The third kappa shape index (κ3) is 6.24. The molecule has 15 heteroatoms. The summed E-state index contributed by atoms with van der Waals surface area (Å²) in [6, 6.07) is 4.75. The molecule has 0 aromatic heterocycles. The van der Waals surface area contributed by atoms with E-state index in [2.05, 4.69) is 4.74 Å². The molecule has 1 aromatic rings. The van der Waals surface area contributed by atoms with Crippen LogP contribution in [0.25, 0.3) is 0 Å². The first-order valence-electron chi connectivity index (χ1n) is 8.15. The van der Waals surface area contributed by atoms with Crippen molar-refractivity contribution >= 4 is 17.6 Å². The monoisotopic (exact) mass is 467 g/mol. The number of nitrogens with zero attached hydrogens (tertiary/aromatic N) is 1. The molecule has 0 fully saturated rings. The number of hydrogen-bond donors (Lipinski definition) is 0. The Morgan fingerprint density at radius 2 is 1.55 bits per heavy atom. The van der Waals surface area contributed by atoms with Gasteiger partial charge in [0, 0.05) is 18.9 Å². The quantitative estimate of drug-likeness (QED) is 0.158. The topological polar surface area (TPSA) is 95.7 Å². The molecule has 0 radical (unpaired) electrons. The number of ether oxygens (including phenoxy) is 2. The van der Waals surface area contributed by atoms with Gasteiger partial charge in [0.05, 0.1) is 4.92 Å². The summed E-state index contributed by atoms with van der Waals surface area (Å²) >= 11 is 0. The Hall–Kier alpha value is -3.00. The van der Waals surface area contributed by atoms with Crippen molar-refractivity contribution in [2.24, 2.45) is 0 Å². The van der Waals surface area contributed by atoms with Gasteiger partial charge < -0.3 is 9.47 Å². The van der Waals surface area contributed by atoms with Crippen LogP contribution in [0.3, 0.4) is 0 Å². The summed E-state index contributed by atoms with van der Waals surface area (Å²) in [5.74, 6) is -21.8. The van der Waals surface area contributed by atoms with Crippen LogP contribution in [-0.4, -0.2) is 47.7 Å². The smallest absolute Gasteiger partial charge is 0.381 e. The fourth-order valence-electron chi connectivity index (χ4n) is 1.96. The highest BCUT2D eigenvalue weighted by molar-refractivity contribution is 5.75. The molecule has 0 N–H and O–H groups in total. The molecule has 0 aliphatic rings. The predicted octanol–water partition coefficient (Wildman–Crippen LogP) is 4.38. The van der Waals surface area contributed by atoms with E-state index in [-0.39, 0.29) is 0 Å². The molecule has 0 aliphatic heterocycles. The van der Waals surface area contributed by atoms with Gasteiger partial charge in [0.25, 0.3) is 0 Å². The third-order valence-corrected chi connectivity index (χ3v) is 3.61. The van der Waals surface area contributed by atoms with Crippen LogP contribution in [-0.2, 0) is 14.3 Å². The number of carbonyl (C=O) groups excluding carboxylic acids is 2. The summed E-state index contributed by atoms with van der Waals surface area (Å²) in [6.45, 7) is -2.61. The summed E-state index contributed by atoms with van der Waals surface area (Å²) in [7, 11) is 0. The SMILES string of the molecule is O=C(CCCC(=O)Oc1ccccc1[N+](=O)[O-])OCC(F)(F)C(F)(F)C(F)(F)C(F)F. The highest BCUT2D eigenvalue weighted by Gasteiger charge is 2.75. The Kier molecular flexibility index (Phi) is 8.29. The van der Waals surface area contributed by atoms with Gasteiger partial charge in [-0.25, -0.2) is 8.78 Å². The summed E-state index contributed by atoms with van der Waals surface area (Å²) in [4.78, 5) is 32.9. The molecule has 0 bridgehead atoms. The van der Waals surface area contributed by atoms with Gasteiger partial charge in [-0.3, -0.25) is 19.7 Å². The van der Waals surface area contributed by atoms with Gasteiger partial charge in [-0.2, -0.15) is 26.3 Å². The van der Waals surface area contributed by atoms with Gasteiger partial charge in [0.15, 0.2) is 6.61 Å². The Labute approximate surface area is 168 Å². The minimum Gasteiger partial charge on any atom is -0.459 e. The first-order valence-corrected chi connectivity index (χ1v) is 8.15. The molecule has 0 spiro atoms. The van der Waals surface area contributed by atoms with Crippen molar-refractivity contribution in [3.63, 3.8) is 0 Å². The van der Waals surface area contributed by atoms with Crippen molar-refractivity contribution in [1.29, 1.82) is 0 Å². The van der Waals surface area contributed by atoms with Crippen LogP contribution in [0.15, 0.2) is 24.3 Å². The minimum absolute atomic E-state index is 0.415. The van der Waals surface area contributed by atoms with Gasteiger partial charge in [-0.1, -0.05) is 12.1 Å². The molecule has 0 saturated carbocycles. The van der Waals surface area contributed by atoms with Crippen LogP contribution >= 0.6 is 0 Å². The molecule has 7 nitrogen and oxygen atoms in total. The van der Waals surface area contributed by atoms with Crippen LogP contribution in [0.4, 0.5) is 40.8 Å². The number of rotatable bonds is 11. The maximum absolute atomic E-state index is 13.2. The maximum Gasteiger partial charge on any atom is 0.381 e. The first kappa shape index (κ1) is 26.0. The molecule has 0 aliphatic carbocycles. The highest BCUT2D eigenvalue weighted by atomic mass is 19.4. The number of benzene rings is 1. The second-order valence-electron chi connectivity index (χ2n) is 5.92. The van der Waals surface area contributed by atoms with E-state index < -0.39 is 78.4 Å². The lowest BCUT2D eigenvalue weighted by Crippen LogP contribution is -2.59. The zero-order valence-electron chi connectivity index (χ0n) is 15.1. The number of nitro groups is 1. The fraction of sp³-hybridized carbons (Fsp3) is 0.500. The zero-order chi connectivity index (χ0) is 24.0. The molecule has 1 aromatic carbocycles. The maximum atomic E-state index is 13.2. The summed E-state index contributed by atoms with van der Waals surface area (Å²) in [6.07, 6.45) is -6.97. The number of para-hydroxylation sites is 2. The molecule has 0 heterocycles. The molecule has 0 amide bonds. The fourth-order valence-corrected chi connectivity index (χ4v) is 1.96. The number of esters is 2. The van der Waals surface area contributed by atoms with Crippen molar-refractivity contribution in [2.75, 3.05) is 6.61 Å². The first-order chi connectivity index (χ1) is 14.1. The van der Waals surface area contributed by atoms with Gasteiger partial charge in [-0.15, -0.1) is 0 Å². The van der Waals surface area contributed by atoms with E-state index in [1.54, 1.807) is 0 Å². The highest BCUT2D eigenvalue weighted by Crippen LogP contribution is 2.48. The molecule has 31 heavy (non-hydrogen) atoms. The summed E-state index contributed by atoms with van der Waals surface area (Å²) in [5.41, 5.74) is -0.543. The van der Waals surface area contributed by atoms with Crippen molar-refractivity contribution in [3.8, 4) is 5.75 Å². The van der Waals surface area contributed by atoms with Crippen molar-refractivity contribution in [3.05, 3.63) is 34.4 Å². The molecule has 174 valence electrons. The zero-order valence-corrected chi connectivity index (χ0v) is 15.1. The van der Waals surface area contributed by atoms with Gasteiger partial charge in [-0.05, 0) is 12.5 Å². The molecule has 0 atom stereocenters. The molecule has 0 saturated heterocycles. The standard InChI is InChI=1S/C16H13F8NO6/c17-13(18)15(21,22)16(23,24)14(19,20)8-30-11(26)6-3-7-12(27)31-10-5-2-1-4-9(10)25(28)29/h1-2,4-5,13H,3,6-8H2. The van der Waals surface area contributed by atoms with E-state index in [1.807, 2.05) is 0 Å². The Morgan fingerprint density at radius 3 is 2.10 bits per heavy atom. The van der Waals surface area contributed by atoms with Crippen LogP contribution in [0, 0.1) is 10.1 Å². The van der Waals surface area contributed by atoms with E-state index in [4.69, 9.17) is 4.74 Å². The molecule has 1 rings (SSSR count). The van der Waals surface area contributed by atoms with Crippen LogP contribution in [0.5, 0.6) is 5.75 Å². The summed E-state index contributed by atoms with van der Waals surface area (Å²) < 4.78 is 110. The average molecular weight is 467 g/mol. The van der Waals surface area contributed by atoms with Crippen molar-refractivity contribution in [2.45, 2.75) is 43.5 Å². The number of nitro benzene ring substituents is 1. The second-order valence-corrected chi connectivity index (χ2v) is 5.92. The van der Waals surface area contributed by atoms with E-state index >= 15 is 0 Å². The molecular weight excluding hydrogens is 454 g/mol. The van der Waals surface area contributed by atoms with Gasteiger partial charge in [0.2, 0.25) is 5.75 Å². The predicted molar refractivity (Wildman–Crippen MR) is 84.4 cm³/mol. The Bertz CT molecular complexity index is 817. The third-order valence-electron chi connectivity index (χ3n) is 3.61. The van der Waals surface area contributed by atoms with Gasteiger partial charge in [0.1, 0.15) is 0 Å². The molecule has 0 unspecified atom stereocenters. The lowest BCUT2D eigenvalue weighted by atomic mass is 10.1. The molecular formula is C16H13F8NO6. The number of hydrogen-bond acceptors (Lipinski definition) is 6. The van der Waals surface area contributed by atoms with E-state index in [0.29, 0.717) is 0 Å². The van der Waals surface area contributed by atoms with E-state index in [9.17, 15) is 54.8 Å². The summed E-state index contributed by atoms with van der Waals surface area (Å²) in [5, 5.41) is 10.8. The van der Waals surface area contributed by atoms with E-state index in [1.165, 1.54) is 12.1 Å². The average Bonchev–Trinajstić information content (AvgIpc) is 2.66. The lowest BCUT2D eigenvalue weighted by Gasteiger charge is -2.31. The largest absolute Gasteiger partial charge is 0.459 e. The van der Waals surface area contributed by atoms with Crippen molar-refractivity contribution < 1.29 is 59.1 Å². The number of halogens is 8. The number of carbonyl (C=O) groups is 2. The Morgan fingerprint density at radius 1 is 1.00 bits per heavy atom. The van der Waals surface area contributed by atoms with Crippen LogP contribution in [0.1, 0.15) is 19.3 Å². The van der Waals surface area contributed by atoms with Crippen molar-refractivity contribution in [1.82, 2.24) is 0 Å². The van der Waals surface area contributed by atoms with Crippen LogP contribution < -0.4 is 4.74 Å². The lowest BCUT2D eigenvalue weighted by molar-refractivity contribution is -0.385. The number of alkyl halides is 8. The minimum atomic E-state index is -6.51. The van der Waals surface area contributed by atoms with E-state index in [0.717, 1.165) is 12.1 Å². The van der Waals surface area contributed by atoms with Crippen LogP contribution in [0.2, 0.25) is 0 Å². The normalized spacial score (nSPS) is 12.5.